The lowest BCUT2D eigenvalue weighted by molar-refractivity contribution is -0.137. The second-order valence-corrected chi connectivity index (χ2v) is 6.00. The van der Waals surface area contributed by atoms with Crippen molar-refractivity contribution in [1.29, 1.82) is 0 Å². The van der Waals surface area contributed by atoms with Gasteiger partial charge in [-0.1, -0.05) is 12.1 Å². The molecule has 1 unspecified atom stereocenters. The Hall–Kier alpha value is -2.16. The number of aryl methyl sites for hydroxylation is 1. The molecule has 6 nitrogen and oxygen atoms in total. The molecule has 0 aromatic carbocycles. The summed E-state index contributed by atoms with van der Waals surface area (Å²) in [5, 5.41) is 3.92. The molecule has 136 valence electrons. The van der Waals surface area contributed by atoms with E-state index < -0.39 is 11.7 Å². The topological polar surface area (TPSA) is 58.3 Å². The third-order valence-electron chi connectivity index (χ3n) is 4.42. The van der Waals surface area contributed by atoms with Crippen molar-refractivity contribution in [2.75, 3.05) is 31.1 Å². The van der Waals surface area contributed by atoms with E-state index in [1.165, 1.54) is 6.07 Å². The van der Waals surface area contributed by atoms with Gasteiger partial charge in [0.1, 0.15) is 5.82 Å². The standard InChI is InChI=1S/C16H20F3N5O/c1-3-13-21-15(25-22-13)11(2)23-6-8-24(9-7-23)14-5-4-12(10-20-14)16(17,18)19/h4-5,10-11H,3,6-9H2,1-2H3. The first-order chi connectivity index (χ1) is 11.9. The number of anilines is 1. The Morgan fingerprint density at radius 2 is 1.92 bits per heavy atom. The van der Waals surface area contributed by atoms with Crippen LogP contribution >= 0.6 is 0 Å². The Labute approximate surface area is 143 Å². The Morgan fingerprint density at radius 3 is 2.44 bits per heavy atom. The van der Waals surface area contributed by atoms with Gasteiger partial charge in [-0.25, -0.2) is 4.98 Å². The number of aromatic nitrogens is 3. The molecule has 1 atom stereocenters. The molecular formula is C16H20F3N5O. The maximum atomic E-state index is 12.6. The van der Waals surface area contributed by atoms with Crippen LogP contribution in [-0.2, 0) is 12.6 Å². The zero-order valence-electron chi connectivity index (χ0n) is 14.1. The van der Waals surface area contributed by atoms with Gasteiger partial charge in [0.05, 0.1) is 11.6 Å². The Morgan fingerprint density at radius 1 is 1.20 bits per heavy atom. The summed E-state index contributed by atoms with van der Waals surface area (Å²) in [4.78, 5) is 12.5. The summed E-state index contributed by atoms with van der Waals surface area (Å²) < 4.78 is 43.1. The molecule has 1 aliphatic rings. The molecule has 2 aromatic heterocycles. The summed E-state index contributed by atoms with van der Waals surface area (Å²) >= 11 is 0. The van der Waals surface area contributed by atoms with Crippen molar-refractivity contribution in [3.8, 4) is 0 Å². The zero-order valence-corrected chi connectivity index (χ0v) is 14.1. The third-order valence-corrected chi connectivity index (χ3v) is 4.42. The van der Waals surface area contributed by atoms with E-state index in [9.17, 15) is 13.2 Å². The molecule has 1 fully saturated rings. The fourth-order valence-corrected chi connectivity index (χ4v) is 2.82. The smallest absolute Gasteiger partial charge is 0.354 e. The second-order valence-electron chi connectivity index (χ2n) is 6.00. The van der Waals surface area contributed by atoms with E-state index in [4.69, 9.17) is 4.52 Å². The molecule has 9 heteroatoms. The number of piperazine rings is 1. The van der Waals surface area contributed by atoms with Gasteiger partial charge in [0.25, 0.3) is 0 Å². The summed E-state index contributed by atoms with van der Waals surface area (Å²) in [6.45, 7) is 6.82. The summed E-state index contributed by atoms with van der Waals surface area (Å²) in [7, 11) is 0. The van der Waals surface area contributed by atoms with Gasteiger partial charge in [-0.2, -0.15) is 18.2 Å². The Bertz CT molecular complexity index is 693. The summed E-state index contributed by atoms with van der Waals surface area (Å²) in [5.74, 6) is 1.85. The van der Waals surface area contributed by atoms with Crippen molar-refractivity contribution < 1.29 is 17.7 Å². The van der Waals surface area contributed by atoms with E-state index in [0.717, 1.165) is 31.8 Å². The first-order valence-corrected chi connectivity index (χ1v) is 8.23. The lowest BCUT2D eigenvalue weighted by Gasteiger charge is -2.37. The van der Waals surface area contributed by atoms with Gasteiger partial charge < -0.3 is 9.42 Å². The van der Waals surface area contributed by atoms with E-state index in [1.807, 2.05) is 18.7 Å². The van der Waals surface area contributed by atoms with E-state index in [1.54, 1.807) is 0 Å². The highest BCUT2D eigenvalue weighted by Gasteiger charge is 2.31. The van der Waals surface area contributed by atoms with Crippen LogP contribution in [0.2, 0.25) is 0 Å². The Kier molecular flexibility index (Phi) is 4.94. The monoisotopic (exact) mass is 355 g/mol. The van der Waals surface area contributed by atoms with Crippen LogP contribution in [0.1, 0.15) is 37.2 Å². The fraction of sp³-hybridized carbons (Fsp3) is 0.562. The average molecular weight is 355 g/mol. The molecule has 0 N–H and O–H groups in total. The van der Waals surface area contributed by atoms with Crippen LogP contribution in [-0.4, -0.2) is 46.2 Å². The molecule has 0 saturated carbocycles. The molecule has 1 saturated heterocycles. The zero-order chi connectivity index (χ0) is 18.0. The number of pyridine rings is 1. The molecule has 0 radical (unpaired) electrons. The predicted octanol–water partition coefficient (Wildman–Crippen LogP) is 2.93. The van der Waals surface area contributed by atoms with Crippen molar-refractivity contribution >= 4 is 5.82 Å². The van der Waals surface area contributed by atoms with Crippen molar-refractivity contribution in [3.05, 3.63) is 35.6 Å². The van der Waals surface area contributed by atoms with Gasteiger partial charge in [-0.15, -0.1) is 0 Å². The molecule has 25 heavy (non-hydrogen) atoms. The van der Waals surface area contributed by atoms with Crippen LogP contribution in [0.15, 0.2) is 22.9 Å². The molecule has 0 spiro atoms. The van der Waals surface area contributed by atoms with Gasteiger partial charge in [0.2, 0.25) is 5.89 Å². The number of hydrogen-bond donors (Lipinski definition) is 0. The van der Waals surface area contributed by atoms with Gasteiger partial charge in [0, 0.05) is 38.8 Å². The predicted molar refractivity (Wildman–Crippen MR) is 85.1 cm³/mol. The lowest BCUT2D eigenvalue weighted by atomic mass is 10.2. The van der Waals surface area contributed by atoms with Gasteiger partial charge >= 0.3 is 6.18 Å². The molecule has 0 aliphatic carbocycles. The summed E-state index contributed by atoms with van der Waals surface area (Å²) in [6.07, 6.45) is -2.75. The number of halogens is 3. The van der Waals surface area contributed by atoms with E-state index in [2.05, 4.69) is 20.0 Å². The molecule has 1 aliphatic heterocycles. The molecule has 3 heterocycles. The maximum absolute atomic E-state index is 12.6. The van der Waals surface area contributed by atoms with E-state index >= 15 is 0 Å². The van der Waals surface area contributed by atoms with Gasteiger partial charge in [0.15, 0.2) is 5.82 Å². The first kappa shape index (κ1) is 17.7. The van der Waals surface area contributed by atoms with Crippen LogP contribution in [0.3, 0.4) is 0 Å². The summed E-state index contributed by atoms with van der Waals surface area (Å²) in [6, 6.07) is 2.51. The Balaban J connectivity index is 1.59. The normalized spacial score (nSPS) is 17.7. The van der Waals surface area contributed by atoms with E-state index in [-0.39, 0.29) is 6.04 Å². The minimum atomic E-state index is -4.36. The number of hydrogen-bond acceptors (Lipinski definition) is 6. The average Bonchev–Trinajstić information content (AvgIpc) is 3.10. The lowest BCUT2D eigenvalue weighted by Crippen LogP contribution is -2.47. The molecule has 2 aromatic rings. The third kappa shape index (κ3) is 3.92. The SMILES string of the molecule is CCc1noc(C(C)N2CCN(c3ccc(C(F)(F)F)cn3)CC2)n1. The number of rotatable bonds is 4. The minimum absolute atomic E-state index is 0.00974. The van der Waals surface area contributed by atoms with Crippen molar-refractivity contribution in [2.45, 2.75) is 32.5 Å². The number of nitrogens with zero attached hydrogens (tertiary/aromatic N) is 5. The summed E-state index contributed by atoms with van der Waals surface area (Å²) in [5.41, 5.74) is -0.730. The van der Waals surface area contributed by atoms with Crippen molar-refractivity contribution in [3.63, 3.8) is 0 Å². The van der Waals surface area contributed by atoms with Crippen molar-refractivity contribution in [2.24, 2.45) is 0 Å². The van der Waals surface area contributed by atoms with Crippen LogP contribution in [0, 0.1) is 0 Å². The first-order valence-electron chi connectivity index (χ1n) is 8.23. The van der Waals surface area contributed by atoms with Crippen LogP contribution < -0.4 is 4.90 Å². The van der Waals surface area contributed by atoms with E-state index in [0.29, 0.717) is 30.6 Å². The molecule has 0 amide bonds. The van der Waals surface area contributed by atoms with Crippen molar-refractivity contribution in [1.82, 2.24) is 20.0 Å². The van der Waals surface area contributed by atoms with Gasteiger partial charge in [-0.05, 0) is 19.1 Å². The molecular weight excluding hydrogens is 335 g/mol. The quantitative estimate of drug-likeness (QED) is 0.841. The van der Waals surface area contributed by atoms with Crippen LogP contribution in [0.4, 0.5) is 19.0 Å². The highest BCUT2D eigenvalue weighted by molar-refractivity contribution is 5.40. The fourth-order valence-electron chi connectivity index (χ4n) is 2.82. The maximum Gasteiger partial charge on any atom is 0.417 e. The second kappa shape index (κ2) is 6.99. The number of alkyl halides is 3. The minimum Gasteiger partial charge on any atom is -0.354 e. The highest BCUT2D eigenvalue weighted by Crippen LogP contribution is 2.29. The van der Waals surface area contributed by atoms with Gasteiger partial charge in [-0.3, -0.25) is 4.90 Å². The van der Waals surface area contributed by atoms with Crippen LogP contribution in [0.5, 0.6) is 0 Å². The van der Waals surface area contributed by atoms with Crippen LogP contribution in [0.25, 0.3) is 0 Å². The largest absolute Gasteiger partial charge is 0.417 e. The molecule has 0 bridgehead atoms. The molecule has 3 rings (SSSR count). The highest BCUT2D eigenvalue weighted by atomic mass is 19.4.